The normalized spacial score (nSPS) is 21.3. The monoisotopic (exact) mass is 432 g/mol. The molecule has 2 aliphatic rings. The third-order valence-electron chi connectivity index (χ3n) is 6.91. The van der Waals surface area contributed by atoms with E-state index in [0.717, 1.165) is 23.5 Å². The summed E-state index contributed by atoms with van der Waals surface area (Å²) in [5.74, 6) is 0.230. The minimum atomic E-state index is -0.588. The molecule has 32 heavy (non-hydrogen) atoms. The van der Waals surface area contributed by atoms with Gasteiger partial charge in [-0.25, -0.2) is 4.79 Å². The highest BCUT2D eigenvalue weighted by Gasteiger charge is 2.37. The number of hydrogen-bond acceptors (Lipinski definition) is 5. The van der Waals surface area contributed by atoms with Crippen molar-refractivity contribution in [2.45, 2.75) is 38.5 Å². The van der Waals surface area contributed by atoms with Crippen molar-refractivity contribution in [2.75, 3.05) is 13.1 Å². The number of aromatic nitrogens is 3. The predicted molar refractivity (Wildman–Crippen MR) is 119 cm³/mol. The van der Waals surface area contributed by atoms with Gasteiger partial charge in [0.05, 0.1) is 5.92 Å². The summed E-state index contributed by atoms with van der Waals surface area (Å²) < 4.78 is 0. The Hall–Kier alpha value is -3.22. The molecule has 0 bridgehead atoms. The van der Waals surface area contributed by atoms with Gasteiger partial charge in [-0.15, -0.1) is 5.10 Å². The van der Waals surface area contributed by atoms with Gasteiger partial charge in [-0.2, -0.15) is 0 Å². The molecule has 0 unspecified atom stereocenters. The zero-order chi connectivity index (χ0) is 21.9. The standard InChI is InChI=1S/C25H28N4O3/c30-24(28-16-19-10-4-5-11-20(19)17-28)15-21(14-18-8-2-1-3-9-18)25(31)32-29-23-13-7-6-12-22(23)26-27-29/h1-3,6-9,12-13,19-21H,4-5,10-11,14-17H2/t19-,20+,21-/m0/s1. The number of rotatable bonds is 6. The third-order valence-corrected chi connectivity index (χ3v) is 6.91. The number of carbonyl (C=O) groups excluding carboxylic acids is 2. The van der Waals surface area contributed by atoms with E-state index in [4.69, 9.17) is 4.84 Å². The maximum atomic E-state index is 13.2. The lowest BCUT2D eigenvalue weighted by Crippen LogP contribution is -2.36. The highest BCUT2D eigenvalue weighted by Crippen LogP contribution is 2.36. The largest absolute Gasteiger partial charge is 0.342 e. The van der Waals surface area contributed by atoms with Crippen molar-refractivity contribution >= 4 is 22.9 Å². The summed E-state index contributed by atoms with van der Waals surface area (Å²) in [6.07, 6.45) is 5.53. The van der Waals surface area contributed by atoms with Gasteiger partial charge < -0.3 is 9.74 Å². The lowest BCUT2D eigenvalue weighted by molar-refractivity contribution is -0.153. The van der Waals surface area contributed by atoms with E-state index in [1.54, 1.807) is 6.07 Å². The van der Waals surface area contributed by atoms with Gasteiger partial charge in [0, 0.05) is 19.5 Å². The van der Waals surface area contributed by atoms with E-state index in [-0.39, 0.29) is 12.3 Å². The van der Waals surface area contributed by atoms with Crippen LogP contribution in [0.2, 0.25) is 0 Å². The van der Waals surface area contributed by atoms with Gasteiger partial charge in [-0.05, 0) is 54.0 Å². The molecule has 1 saturated carbocycles. The fourth-order valence-corrected chi connectivity index (χ4v) is 5.16. The van der Waals surface area contributed by atoms with Crippen LogP contribution in [0.3, 0.4) is 0 Å². The van der Waals surface area contributed by atoms with Crippen molar-refractivity contribution in [3.8, 4) is 0 Å². The van der Waals surface area contributed by atoms with Crippen LogP contribution in [0.1, 0.15) is 37.7 Å². The Labute approximate surface area is 187 Å². The van der Waals surface area contributed by atoms with E-state index in [2.05, 4.69) is 10.3 Å². The molecule has 7 nitrogen and oxygen atoms in total. The molecule has 2 heterocycles. The Morgan fingerprint density at radius 1 is 0.969 bits per heavy atom. The molecule has 1 amide bonds. The van der Waals surface area contributed by atoms with Crippen LogP contribution in [0.5, 0.6) is 0 Å². The van der Waals surface area contributed by atoms with E-state index in [1.165, 1.54) is 25.7 Å². The quantitative estimate of drug-likeness (QED) is 0.559. The minimum absolute atomic E-state index is 0.0423. The van der Waals surface area contributed by atoms with Crippen molar-refractivity contribution in [2.24, 2.45) is 17.8 Å². The van der Waals surface area contributed by atoms with Crippen LogP contribution in [0.25, 0.3) is 11.0 Å². The first-order chi connectivity index (χ1) is 15.7. The summed E-state index contributed by atoms with van der Waals surface area (Å²) in [5, 5.41) is 8.00. The average molecular weight is 433 g/mol. The first-order valence-electron chi connectivity index (χ1n) is 11.5. The molecule has 3 aromatic rings. The van der Waals surface area contributed by atoms with Gasteiger partial charge in [0.1, 0.15) is 11.0 Å². The van der Waals surface area contributed by atoms with Crippen LogP contribution in [0.4, 0.5) is 0 Å². The maximum Gasteiger partial charge on any atom is 0.338 e. The minimum Gasteiger partial charge on any atom is -0.342 e. The second kappa shape index (κ2) is 9.10. The molecule has 3 atom stereocenters. The Bertz CT molecular complexity index is 1080. The van der Waals surface area contributed by atoms with Crippen LogP contribution in [-0.4, -0.2) is 45.0 Å². The van der Waals surface area contributed by atoms with Crippen LogP contribution in [0.15, 0.2) is 54.6 Å². The number of hydrogen-bond donors (Lipinski definition) is 0. The summed E-state index contributed by atoms with van der Waals surface area (Å²) in [5.41, 5.74) is 2.27. The predicted octanol–water partition coefficient (Wildman–Crippen LogP) is 3.28. The van der Waals surface area contributed by atoms with Crippen LogP contribution in [0, 0.1) is 17.8 Å². The number of amides is 1. The SMILES string of the molecule is O=C(On1nnc2ccccc21)[C@H](CC(=O)N1C[C@H]2CCCC[C@H]2C1)Cc1ccccc1. The Balaban J connectivity index is 1.32. The number of fused-ring (bicyclic) bond motifs is 2. The van der Waals surface area contributed by atoms with Crippen molar-refractivity contribution in [3.05, 3.63) is 60.2 Å². The zero-order valence-corrected chi connectivity index (χ0v) is 18.1. The number of nitrogens with zero attached hydrogens (tertiary/aromatic N) is 4. The number of para-hydroxylation sites is 1. The Kier molecular flexibility index (Phi) is 5.88. The van der Waals surface area contributed by atoms with Crippen LogP contribution >= 0.6 is 0 Å². The van der Waals surface area contributed by atoms with Crippen molar-refractivity contribution in [1.82, 2.24) is 20.1 Å². The molecule has 1 saturated heterocycles. The molecule has 2 aromatic carbocycles. The van der Waals surface area contributed by atoms with Gasteiger partial charge in [0.25, 0.3) is 0 Å². The summed E-state index contributed by atoms with van der Waals surface area (Å²) >= 11 is 0. The molecule has 1 aliphatic heterocycles. The van der Waals surface area contributed by atoms with Gasteiger partial charge in [-0.1, -0.05) is 60.2 Å². The van der Waals surface area contributed by atoms with E-state index < -0.39 is 11.9 Å². The third kappa shape index (κ3) is 4.38. The second-order valence-electron chi connectivity index (χ2n) is 9.06. The van der Waals surface area contributed by atoms with Crippen LogP contribution < -0.4 is 4.84 Å². The molecule has 0 spiro atoms. The highest BCUT2D eigenvalue weighted by atomic mass is 16.7. The van der Waals surface area contributed by atoms with Gasteiger partial charge in [0.2, 0.25) is 5.91 Å². The summed E-state index contributed by atoms with van der Waals surface area (Å²) in [6.45, 7) is 1.65. The van der Waals surface area contributed by atoms with Gasteiger partial charge in [0.15, 0.2) is 0 Å². The molecule has 166 valence electrons. The smallest absolute Gasteiger partial charge is 0.338 e. The van der Waals surface area contributed by atoms with Crippen molar-refractivity contribution in [3.63, 3.8) is 0 Å². The molecule has 0 radical (unpaired) electrons. The molecule has 7 heteroatoms. The summed E-state index contributed by atoms with van der Waals surface area (Å²) in [7, 11) is 0. The lowest BCUT2D eigenvalue weighted by atomic mass is 9.82. The molecule has 5 rings (SSSR count). The van der Waals surface area contributed by atoms with E-state index >= 15 is 0 Å². The number of benzene rings is 2. The van der Waals surface area contributed by atoms with Crippen molar-refractivity contribution in [1.29, 1.82) is 0 Å². The molecule has 1 aromatic heterocycles. The highest BCUT2D eigenvalue weighted by molar-refractivity contribution is 5.84. The van der Waals surface area contributed by atoms with Crippen LogP contribution in [-0.2, 0) is 16.0 Å². The first kappa shape index (κ1) is 20.7. The molecular formula is C25H28N4O3. The summed E-state index contributed by atoms with van der Waals surface area (Å²) in [6, 6.07) is 17.1. The lowest BCUT2D eigenvalue weighted by Gasteiger charge is -2.22. The molecular weight excluding hydrogens is 404 g/mol. The Morgan fingerprint density at radius 2 is 1.66 bits per heavy atom. The fourth-order valence-electron chi connectivity index (χ4n) is 5.16. The maximum absolute atomic E-state index is 13.2. The van der Waals surface area contributed by atoms with E-state index in [1.807, 2.05) is 53.4 Å². The van der Waals surface area contributed by atoms with Gasteiger partial charge in [-0.3, -0.25) is 4.79 Å². The van der Waals surface area contributed by atoms with E-state index in [9.17, 15) is 9.59 Å². The molecule has 0 N–H and O–H groups in total. The zero-order valence-electron chi connectivity index (χ0n) is 18.1. The Morgan fingerprint density at radius 3 is 2.41 bits per heavy atom. The first-order valence-corrected chi connectivity index (χ1v) is 11.5. The number of carbonyl (C=O) groups is 2. The molecule has 2 fully saturated rings. The average Bonchev–Trinajstić information content (AvgIpc) is 3.44. The number of likely N-dealkylation sites (tertiary alicyclic amines) is 1. The summed E-state index contributed by atoms with van der Waals surface area (Å²) in [4.78, 5) is 35.1. The molecule has 1 aliphatic carbocycles. The van der Waals surface area contributed by atoms with Gasteiger partial charge >= 0.3 is 5.97 Å². The topological polar surface area (TPSA) is 77.3 Å². The fraction of sp³-hybridized carbons (Fsp3) is 0.440. The van der Waals surface area contributed by atoms with Crippen molar-refractivity contribution < 1.29 is 14.4 Å². The van der Waals surface area contributed by atoms with E-state index in [0.29, 0.717) is 29.3 Å². The second-order valence-corrected chi connectivity index (χ2v) is 9.06.